The molecule has 0 aromatic rings. The molecule has 1 heterocycles. The Labute approximate surface area is 115 Å². The molecule has 4 heteroatoms. The van der Waals surface area contributed by atoms with Crippen LogP contribution in [0.2, 0.25) is 0 Å². The molecule has 1 saturated carbocycles. The van der Waals surface area contributed by atoms with Crippen LogP contribution >= 0.6 is 11.6 Å². The second kappa shape index (κ2) is 5.79. The largest absolute Gasteiger partial charge is 0.340 e. The summed E-state index contributed by atoms with van der Waals surface area (Å²) in [6.45, 7) is 9.14. The summed E-state index contributed by atoms with van der Waals surface area (Å²) in [5.74, 6) is 1.32. The van der Waals surface area contributed by atoms with Gasteiger partial charge in [-0.15, -0.1) is 11.6 Å². The normalized spacial score (nSPS) is 28.6. The first-order valence-corrected chi connectivity index (χ1v) is 7.65. The maximum atomic E-state index is 12.6. The molecule has 1 aliphatic heterocycles. The van der Waals surface area contributed by atoms with Crippen LogP contribution in [0.4, 0.5) is 0 Å². The summed E-state index contributed by atoms with van der Waals surface area (Å²) in [6.07, 6.45) is 3.47. The fourth-order valence-electron chi connectivity index (χ4n) is 3.32. The molecule has 0 aromatic carbocycles. The van der Waals surface area contributed by atoms with Gasteiger partial charge in [-0.25, -0.2) is 0 Å². The number of carbonyl (C=O) groups excluding carboxylic acids is 1. The molecule has 2 rings (SSSR count). The minimum atomic E-state index is 0.199. The maximum absolute atomic E-state index is 12.6. The topological polar surface area (TPSA) is 23.6 Å². The van der Waals surface area contributed by atoms with Gasteiger partial charge in [-0.3, -0.25) is 9.69 Å². The van der Waals surface area contributed by atoms with Crippen LogP contribution in [-0.4, -0.2) is 54.3 Å². The molecule has 1 unspecified atom stereocenters. The molecule has 0 aromatic heterocycles. The van der Waals surface area contributed by atoms with Crippen LogP contribution in [0.25, 0.3) is 0 Å². The van der Waals surface area contributed by atoms with E-state index in [2.05, 4.69) is 23.6 Å². The Kier molecular flexibility index (Phi) is 4.54. The molecule has 1 amide bonds. The third kappa shape index (κ3) is 3.00. The number of amides is 1. The predicted octanol–water partition coefficient (Wildman–Crippen LogP) is 2.20. The Bertz CT molecular complexity index is 298. The van der Waals surface area contributed by atoms with Gasteiger partial charge in [-0.05, 0) is 18.3 Å². The number of hydrogen-bond acceptors (Lipinski definition) is 2. The quantitative estimate of drug-likeness (QED) is 0.736. The van der Waals surface area contributed by atoms with Gasteiger partial charge in [0.05, 0.1) is 0 Å². The van der Waals surface area contributed by atoms with Crippen LogP contribution in [0, 0.1) is 11.3 Å². The van der Waals surface area contributed by atoms with Gasteiger partial charge >= 0.3 is 0 Å². The molecule has 0 bridgehead atoms. The van der Waals surface area contributed by atoms with Gasteiger partial charge in [0.2, 0.25) is 5.91 Å². The van der Waals surface area contributed by atoms with Crippen molar-refractivity contribution in [3.8, 4) is 0 Å². The van der Waals surface area contributed by atoms with Crippen molar-refractivity contribution in [1.82, 2.24) is 9.80 Å². The number of halogens is 1. The number of nitrogens with zero attached hydrogens (tertiary/aromatic N) is 2. The zero-order chi connectivity index (χ0) is 13.2. The predicted molar refractivity (Wildman–Crippen MR) is 74.9 cm³/mol. The van der Waals surface area contributed by atoms with E-state index in [0.29, 0.717) is 11.8 Å². The first-order valence-electron chi connectivity index (χ1n) is 7.12. The highest BCUT2D eigenvalue weighted by Crippen LogP contribution is 2.43. The summed E-state index contributed by atoms with van der Waals surface area (Å²) in [5.41, 5.74) is 0.199. The van der Waals surface area contributed by atoms with E-state index in [0.717, 1.165) is 39.1 Å². The van der Waals surface area contributed by atoms with Gasteiger partial charge in [0.15, 0.2) is 0 Å². The Morgan fingerprint density at radius 2 is 1.94 bits per heavy atom. The van der Waals surface area contributed by atoms with Gasteiger partial charge < -0.3 is 4.90 Å². The summed E-state index contributed by atoms with van der Waals surface area (Å²) in [6, 6.07) is 0. The molecule has 18 heavy (non-hydrogen) atoms. The Morgan fingerprint density at radius 1 is 1.28 bits per heavy atom. The van der Waals surface area contributed by atoms with Crippen molar-refractivity contribution >= 4 is 17.5 Å². The number of hydrogen-bond donors (Lipinski definition) is 0. The van der Waals surface area contributed by atoms with E-state index in [1.165, 1.54) is 12.8 Å². The molecular formula is C14H25ClN2O. The molecule has 0 N–H and O–H groups in total. The molecule has 1 aliphatic carbocycles. The zero-order valence-corrected chi connectivity index (χ0v) is 12.4. The lowest BCUT2D eigenvalue weighted by molar-refractivity contribution is -0.140. The van der Waals surface area contributed by atoms with Crippen LogP contribution in [0.5, 0.6) is 0 Å². The molecular weight excluding hydrogens is 248 g/mol. The number of carbonyl (C=O) groups is 1. The van der Waals surface area contributed by atoms with Gasteiger partial charge in [0.25, 0.3) is 0 Å². The van der Waals surface area contributed by atoms with Crippen molar-refractivity contribution in [3.05, 3.63) is 0 Å². The fourth-order valence-corrected chi connectivity index (χ4v) is 3.56. The highest BCUT2D eigenvalue weighted by atomic mass is 35.5. The monoisotopic (exact) mass is 272 g/mol. The van der Waals surface area contributed by atoms with E-state index in [-0.39, 0.29) is 11.3 Å². The highest BCUT2D eigenvalue weighted by molar-refractivity contribution is 6.18. The van der Waals surface area contributed by atoms with E-state index < -0.39 is 0 Å². The van der Waals surface area contributed by atoms with E-state index in [1.54, 1.807) is 0 Å². The van der Waals surface area contributed by atoms with Crippen molar-refractivity contribution in [2.75, 3.05) is 38.6 Å². The summed E-state index contributed by atoms with van der Waals surface area (Å²) in [7, 11) is 0. The van der Waals surface area contributed by atoms with Gasteiger partial charge in [0.1, 0.15) is 0 Å². The zero-order valence-electron chi connectivity index (χ0n) is 11.6. The molecule has 1 atom stereocenters. The minimum absolute atomic E-state index is 0.199. The Hall–Kier alpha value is -0.280. The summed E-state index contributed by atoms with van der Waals surface area (Å²) in [5, 5.41) is 0. The molecule has 2 fully saturated rings. The highest BCUT2D eigenvalue weighted by Gasteiger charge is 2.41. The third-order valence-electron chi connectivity index (χ3n) is 4.64. The summed E-state index contributed by atoms with van der Waals surface area (Å²) >= 11 is 5.75. The lowest BCUT2D eigenvalue weighted by Crippen LogP contribution is -2.51. The Balaban J connectivity index is 1.88. The van der Waals surface area contributed by atoms with Crippen molar-refractivity contribution in [2.24, 2.45) is 11.3 Å². The van der Waals surface area contributed by atoms with Crippen LogP contribution in [0.3, 0.4) is 0 Å². The van der Waals surface area contributed by atoms with Crippen molar-refractivity contribution in [2.45, 2.75) is 33.1 Å². The number of piperazine rings is 1. The summed E-state index contributed by atoms with van der Waals surface area (Å²) < 4.78 is 0. The molecule has 0 radical (unpaired) electrons. The van der Waals surface area contributed by atoms with Crippen LogP contribution in [0.1, 0.15) is 33.1 Å². The third-order valence-corrected chi connectivity index (χ3v) is 4.81. The molecule has 1 saturated heterocycles. The van der Waals surface area contributed by atoms with Crippen molar-refractivity contribution in [1.29, 1.82) is 0 Å². The van der Waals surface area contributed by atoms with E-state index in [9.17, 15) is 4.79 Å². The molecule has 104 valence electrons. The maximum Gasteiger partial charge on any atom is 0.226 e. The van der Waals surface area contributed by atoms with Gasteiger partial charge in [-0.1, -0.05) is 20.3 Å². The standard InChI is InChI=1S/C14H25ClN2O/c1-14(2)5-3-4-12(14)13(18)17-10-8-16(7-6-15)9-11-17/h12H,3-11H2,1-2H3. The first-order chi connectivity index (χ1) is 8.54. The van der Waals surface area contributed by atoms with Crippen LogP contribution in [0.15, 0.2) is 0 Å². The molecule has 0 spiro atoms. The molecule has 3 nitrogen and oxygen atoms in total. The van der Waals surface area contributed by atoms with E-state index in [1.807, 2.05) is 0 Å². The minimum Gasteiger partial charge on any atom is -0.340 e. The average molecular weight is 273 g/mol. The fraction of sp³-hybridized carbons (Fsp3) is 0.929. The lowest BCUT2D eigenvalue weighted by Gasteiger charge is -2.38. The average Bonchev–Trinajstić information content (AvgIpc) is 2.69. The van der Waals surface area contributed by atoms with Crippen LogP contribution < -0.4 is 0 Å². The molecule has 2 aliphatic rings. The first kappa shape index (κ1) is 14.1. The number of alkyl halides is 1. The van der Waals surface area contributed by atoms with E-state index in [4.69, 9.17) is 11.6 Å². The van der Waals surface area contributed by atoms with E-state index >= 15 is 0 Å². The van der Waals surface area contributed by atoms with Crippen molar-refractivity contribution < 1.29 is 4.79 Å². The Morgan fingerprint density at radius 3 is 2.44 bits per heavy atom. The van der Waals surface area contributed by atoms with Crippen LogP contribution in [-0.2, 0) is 4.79 Å². The number of rotatable bonds is 3. The van der Waals surface area contributed by atoms with Gasteiger partial charge in [0, 0.05) is 44.5 Å². The smallest absolute Gasteiger partial charge is 0.226 e. The van der Waals surface area contributed by atoms with Crippen molar-refractivity contribution in [3.63, 3.8) is 0 Å². The summed E-state index contributed by atoms with van der Waals surface area (Å²) in [4.78, 5) is 17.0. The van der Waals surface area contributed by atoms with Gasteiger partial charge in [-0.2, -0.15) is 0 Å². The lowest BCUT2D eigenvalue weighted by atomic mass is 9.81. The SMILES string of the molecule is CC1(C)CCCC1C(=O)N1CCN(CCCl)CC1. The second-order valence-electron chi connectivity index (χ2n) is 6.29. The second-order valence-corrected chi connectivity index (χ2v) is 6.67.